The number of alkyl halides is 1. The van der Waals surface area contributed by atoms with E-state index in [9.17, 15) is 4.39 Å². The maximum atomic E-state index is 13.8. The second kappa shape index (κ2) is 5.47. The molecule has 0 saturated carbocycles. The molecule has 0 saturated heterocycles. The minimum absolute atomic E-state index is 0.192. The summed E-state index contributed by atoms with van der Waals surface area (Å²) < 4.78 is 14.6. The van der Waals surface area contributed by atoms with Crippen LogP contribution >= 0.6 is 15.9 Å². The van der Waals surface area contributed by atoms with Crippen LogP contribution in [0.4, 0.5) is 4.39 Å². The number of hydrogen-bond acceptors (Lipinski definition) is 1. The first kappa shape index (κ1) is 11.7. The van der Waals surface area contributed by atoms with Gasteiger partial charge in [-0.25, -0.2) is 4.39 Å². The van der Waals surface area contributed by atoms with Gasteiger partial charge in [-0.2, -0.15) is 0 Å². The fourth-order valence-corrected chi connectivity index (χ4v) is 1.82. The lowest BCUT2D eigenvalue weighted by Crippen LogP contribution is -2.22. The van der Waals surface area contributed by atoms with Gasteiger partial charge in [0.25, 0.3) is 0 Å². The fourth-order valence-electron chi connectivity index (χ4n) is 1.28. The fraction of sp³-hybridized carbons (Fsp3) is 0.455. The molecule has 78 valence electrons. The third-order valence-electron chi connectivity index (χ3n) is 2.30. The first-order valence-corrected chi connectivity index (χ1v) is 5.50. The van der Waals surface area contributed by atoms with Gasteiger partial charge in [-0.1, -0.05) is 34.1 Å². The average molecular weight is 260 g/mol. The highest BCUT2D eigenvalue weighted by Gasteiger charge is 2.15. The Kier molecular flexibility index (Phi) is 4.55. The molecule has 1 N–H and O–H groups in total. The lowest BCUT2D eigenvalue weighted by Gasteiger charge is -2.15. The lowest BCUT2D eigenvalue weighted by atomic mass is 10.0. The molecule has 1 aromatic carbocycles. The molecule has 1 rings (SSSR count). The van der Waals surface area contributed by atoms with E-state index in [1.165, 1.54) is 0 Å². The minimum atomic E-state index is -0.909. The molecule has 0 radical (unpaired) electrons. The zero-order valence-corrected chi connectivity index (χ0v) is 10.0. The summed E-state index contributed by atoms with van der Waals surface area (Å²) in [7, 11) is 1.84. The quantitative estimate of drug-likeness (QED) is 0.874. The Bertz CT molecular complexity index is 290. The molecule has 1 nitrogen and oxygen atoms in total. The van der Waals surface area contributed by atoms with Gasteiger partial charge in [-0.05, 0) is 26.5 Å². The summed E-state index contributed by atoms with van der Waals surface area (Å²) in [5.41, 5.74) is 0.731. The summed E-state index contributed by atoms with van der Waals surface area (Å²) >= 11 is 3.35. The highest BCUT2D eigenvalue weighted by atomic mass is 79.9. The van der Waals surface area contributed by atoms with Crippen LogP contribution < -0.4 is 5.32 Å². The SMILES string of the molecule is CNC(C)CC(F)c1ccccc1Br. The van der Waals surface area contributed by atoms with Crippen LogP contribution in [0.15, 0.2) is 28.7 Å². The molecule has 0 amide bonds. The average Bonchev–Trinajstić information content (AvgIpc) is 2.18. The molecule has 0 bridgehead atoms. The van der Waals surface area contributed by atoms with Crippen molar-refractivity contribution in [2.75, 3.05) is 7.05 Å². The zero-order chi connectivity index (χ0) is 10.6. The van der Waals surface area contributed by atoms with Gasteiger partial charge < -0.3 is 5.32 Å². The van der Waals surface area contributed by atoms with Gasteiger partial charge in [0.2, 0.25) is 0 Å². The van der Waals surface area contributed by atoms with Crippen molar-refractivity contribution in [3.05, 3.63) is 34.3 Å². The molecule has 0 heterocycles. The maximum Gasteiger partial charge on any atom is 0.128 e. The van der Waals surface area contributed by atoms with Crippen LogP contribution in [0.1, 0.15) is 25.1 Å². The Morgan fingerprint density at radius 2 is 2.07 bits per heavy atom. The van der Waals surface area contributed by atoms with Gasteiger partial charge in [0.15, 0.2) is 0 Å². The third-order valence-corrected chi connectivity index (χ3v) is 3.02. The van der Waals surface area contributed by atoms with Crippen molar-refractivity contribution >= 4 is 15.9 Å². The number of halogens is 2. The van der Waals surface area contributed by atoms with E-state index in [2.05, 4.69) is 21.2 Å². The second-order valence-electron chi connectivity index (χ2n) is 3.41. The Labute approximate surface area is 92.8 Å². The van der Waals surface area contributed by atoms with E-state index in [0.29, 0.717) is 6.42 Å². The van der Waals surface area contributed by atoms with Crippen LogP contribution in [-0.4, -0.2) is 13.1 Å². The van der Waals surface area contributed by atoms with Crippen LogP contribution in [0.2, 0.25) is 0 Å². The summed E-state index contributed by atoms with van der Waals surface area (Å²) in [5.74, 6) is 0. The first-order chi connectivity index (χ1) is 6.65. The van der Waals surface area contributed by atoms with Crippen molar-refractivity contribution in [2.24, 2.45) is 0 Å². The van der Waals surface area contributed by atoms with Gasteiger partial charge in [0, 0.05) is 16.1 Å². The van der Waals surface area contributed by atoms with E-state index in [1.807, 2.05) is 38.2 Å². The molecule has 0 aromatic heterocycles. The number of benzene rings is 1. The van der Waals surface area contributed by atoms with Crippen molar-refractivity contribution in [1.29, 1.82) is 0 Å². The zero-order valence-electron chi connectivity index (χ0n) is 8.43. The van der Waals surface area contributed by atoms with Crippen LogP contribution in [0.25, 0.3) is 0 Å². The van der Waals surface area contributed by atoms with Gasteiger partial charge in [0.05, 0.1) is 0 Å². The van der Waals surface area contributed by atoms with E-state index >= 15 is 0 Å². The summed E-state index contributed by atoms with van der Waals surface area (Å²) in [6.07, 6.45) is -0.410. The summed E-state index contributed by atoms with van der Waals surface area (Å²) in [4.78, 5) is 0. The smallest absolute Gasteiger partial charge is 0.128 e. The standard InChI is InChI=1S/C11H15BrFN/c1-8(14-2)7-11(13)9-5-3-4-6-10(9)12/h3-6,8,11,14H,7H2,1-2H3. The second-order valence-corrected chi connectivity index (χ2v) is 4.27. The van der Waals surface area contributed by atoms with Crippen LogP contribution in [0.3, 0.4) is 0 Å². The van der Waals surface area contributed by atoms with E-state index in [0.717, 1.165) is 10.0 Å². The van der Waals surface area contributed by atoms with E-state index < -0.39 is 6.17 Å². The molecule has 2 atom stereocenters. The van der Waals surface area contributed by atoms with Crippen LogP contribution in [0, 0.1) is 0 Å². The topological polar surface area (TPSA) is 12.0 Å². The van der Waals surface area contributed by atoms with Crippen molar-refractivity contribution in [3.8, 4) is 0 Å². The Morgan fingerprint density at radius 3 is 2.64 bits per heavy atom. The molecule has 0 aliphatic heterocycles. The highest BCUT2D eigenvalue weighted by molar-refractivity contribution is 9.10. The van der Waals surface area contributed by atoms with Gasteiger partial charge in [-0.15, -0.1) is 0 Å². The number of nitrogens with one attached hydrogen (secondary N) is 1. The molecule has 14 heavy (non-hydrogen) atoms. The van der Waals surface area contributed by atoms with Gasteiger partial charge in [-0.3, -0.25) is 0 Å². The monoisotopic (exact) mass is 259 g/mol. The summed E-state index contributed by atoms with van der Waals surface area (Å²) in [6, 6.07) is 7.62. The minimum Gasteiger partial charge on any atom is -0.317 e. The molecular formula is C11H15BrFN. The van der Waals surface area contributed by atoms with Crippen molar-refractivity contribution in [1.82, 2.24) is 5.32 Å². The van der Waals surface area contributed by atoms with E-state index in [4.69, 9.17) is 0 Å². The van der Waals surface area contributed by atoms with Crippen LogP contribution in [0.5, 0.6) is 0 Å². The third kappa shape index (κ3) is 3.07. The maximum absolute atomic E-state index is 13.8. The van der Waals surface area contributed by atoms with Crippen molar-refractivity contribution in [3.63, 3.8) is 0 Å². The number of hydrogen-bond donors (Lipinski definition) is 1. The lowest BCUT2D eigenvalue weighted by molar-refractivity contribution is 0.294. The summed E-state index contributed by atoms with van der Waals surface area (Å²) in [6.45, 7) is 1.98. The van der Waals surface area contributed by atoms with Crippen molar-refractivity contribution < 1.29 is 4.39 Å². The Balaban J connectivity index is 2.69. The molecule has 0 spiro atoms. The van der Waals surface area contributed by atoms with Gasteiger partial charge in [0.1, 0.15) is 6.17 Å². The molecule has 3 heteroatoms. The van der Waals surface area contributed by atoms with Crippen molar-refractivity contribution in [2.45, 2.75) is 25.6 Å². The molecule has 0 aliphatic rings. The number of rotatable bonds is 4. The molecule has 1 aromatic rings. The summed E-state index contributed by atoms with van der Waals surface area (Å²) in [5, 5.41) is 3.03. The van der Waals surface area contributed by atoms with E-state index in [1.54, 1.807) is 0 Å². The molecular weight excluding hydrogens is 245 g/mol. The molecule has 0 fully saturated rings. The van der Waals surface area contributed by atoms with Crippen LogP contribution in [-0.2, 0) is 0 Å². The molecule has 2 unspecified atom stereocenters. The molecule has 0 aliphatic carbocycles. The largest absolute Gasteiger partial charge is 0.317 e. The van der Waals surface area contributed by atoms with E-state index in [-0.39, 0.29) is 6.04 Å². The van der Waals surface area contributed by atoms with Gasteiger partial charge >= 0.3 is 0 Å². The Hall–Kier alpha value is -0.410. The highest BCUT2D eigenvalue weighted by Crippen LogP contribution is 2.29. The predicted octanol–water partition coefficient (Wildman–Crippen LogP) is 3.46. The Morgan fingerprint density at radius 1 is 1.43 bits per heavy atom. The predicted molar refractivity (Wildman–Crippen MR) is 61.1 cm³/mol. The first-order valence-electron chi connectivity index (χ1n) is 4.71. The normalized spacial score (nSPS) is 15.1.